The van der Waals surface area contributed by atoms with Crippen molar-refractivity contribution in [3.8, 4) is 5.75 Å². The van der Waals surface area contributed by atoms with Crippen molar-refractivity contribution in [2.75, 3.05) is 23.4 Å². The largest absolute Gasteiger partial charge is 0.483 e. The van der Waals surface area contributed by atoms with Crippen LogP contribution in [0.25, 0.3) is 0 Å². The van der Waals surface area contributed by atoms with Gasteiger partial charge in [-0.1, -0.05) is 18.2 Å². The van der Waals surface area contributed by atoms with Crippen LogP contribution in [0.5, 0.6) is 5.75 Å². The number of nitrogens with zero attached hydrogens (tertiary/aromatic N) is 1. The van der Waals surface area contributed by atoms with E-state index in [2.05, 4.69) is 5.32 Å². The Balaban J connectivity index is 1.40. The normalized spacial score (nSPS) is 15.8. The highest BCUT2D eigenvalue weighted by Gasteiger charge is 2.35. The third-order valence-corrected chi connectivity index (χ3v) is 5.13. The summed E-state index contributed by atoms with van der Waals surface area (Å²) in [4.78, 5) is 26.6. The zero-order chi connectivity index (χ0) is 18.8. The lowest BCUT2D eigenvalue weighted by Crippen LogP contribution is -2.36. The summed E-state index contributed by atoms with van der Waals surface area (Å²) < 4.78 is 5.60. The third kappa shape index (κ3) is 3.97. The molecule has 0 spiro atoms. The van der Waals surface area contributed by atoms with Crippen LogP contribution in [0.15, 0.2) is 42.5 Å². The fourth-order valence-electron chi connectivity index (χ4n) is 3.51. The van der Waals surface area contributed by atoms with Gasteiger partial charge in [0.25, 0.3) is 5.91 Å². The van der Waals surface area contributed by atoms with Crippen LogP contribution >= 0.6 is 0 Å². The maximum atomic E-state index is 12.5. The minimum atomic E-state index is -0.195. The summed E-state index contributed by atoms with van der Waals surface area (Å²) in [7, 11) is 0. The SMILES string of the molecule is Cc1ccccc1OCC(=O)Nc1ccc2c(c1)CCCN2C(=O)C1CC1. The highest BCUT2D eigenvalue weighted by molar-refractivity contribution is 5.98. The van der Waals surface area contributed by atoms with Crippen molar-refractivity contribution in [1.82, 2.24) is 0 Å². The zero-order valence-electron chi connectivity index (χ0n) is 15.5. The summed E-state index contributed by atoms with van der Waals surface area (Å²) in [6.45, 7) is 2.71. The average molecular weight is 364 g/mol. The number of ether oxygens (including phenoxy) is 1. The number of aryl methyl sites for hydroxylation is 2. The Morgan fingerprint density at radius 3 is 2.78 bits per heavy atom. The fourth-order valence-corrected chi connectivity index (χ4v) is 3.51. The molecule has 0 radical (unpaired) electrons. The molecule has 1 fully saturated rings. The van der Waals surface area contributed by atoms with E-state index in [1.165, 1.54) is 0 Å². The Bertz CT molecular complexity index is 874. The molecule has 1 aliphatic carbocycles. The molecule has 0 bridgehead atoms. The van der Waals surface area contributed by atoms with Gasteiger partial charge in [0, 0.05) is 23.8 Å². The first-order chi connectivity index (χ1) is 13.1. The molecule has 27 heavy (non-hydrogen) atoms. The molecule has 5 heteroatoms. The summed E-state index contributed by atoms with van der Waals surface area (Å²) in [5.41, 5.74) is 3.85. The number of rotatable bonds is 5. The molecule has 5 nitrogen and oxygen atoms in total. The third-order valence-electron chi connectivity index (χ3n) is 5.13. The molecule has 1 saturated carbocycles. The molecule has 0 unspecified atom stereocenters. The lowest BCUT2D eigenvalue weighted by molar-refractivity contribution is -0.120. The van der Waals surface area contributed by atoms with E-state index in [1.54, 1.807) is 0 Å². The first-order valence-corrected chi connectivity index (χ1v) is 9.54. The van der Waals surface area contributed by atoms with Crippen molar-refractivity contribution in [3.63, 3.8) is 0 Å². The summed E-state index contributed by atoms with van der Waals surface area (Å²) in [5, 5.41) is 2.89. The van der Waals surface area contributed by atoms with Gasteiger partial charge in [-0.05, 0) is 68.0 Å². The molecule has 2 aliphatic rings. The molecule has 0 atom stereocenters. The van der Waals surface area contributed by atoms with Crippen LogP contribution in [0.2, 0.25) is 0 Å². The van der Waals surface area contributed by atoms with E-state index in [1.807, 2.05) is 54.3 Å². The van der Waals surface area contributed by atoms with Crippen molar-refractivity contribution in [2.45, 2.75) is 32.6 Å². The number of hydrogen-bond donors (Lipinski definition) is 1. The molecule has 140 valence electrons. The van der Waals surface area contributed by atoms with Gasteiger partial charge in [0.05, 0.1) is 0 Å². The van der Waals surface area contributed by atoms with Crippen LogP contribution in [0, 0.1) is 12.8 Å². The van der Waals surface area contributed by atoms with Crippen LogP contribution in [0.1, 0.15) is 30.4 Å². The van der Waals surface area contributed by atoms with Crippen LogP contribution in [-0.4, -0.2) is 25.0 Å². The second kappa shape index (κ2) is 7.43. The summed E-state index contributed by atoms with van der Waals surface area (Å²) >= 11 is 0. The zero-order valence-corrected chi connectivity index (χ0v) is 15.5. The number of nitrogens with one attached hydrogen (secondary N) is 1. The molecule has 4 rings (SSSR count). The monoisotopic (exact) mass is 364 g/mol. The molecule has 2 aromatic carbocycles. The van der Waals surface area contributed by atoms with Crippen molar-refractivity contribution in [1.29, 1.82) is 0 Å². The first-order valence-electron chi connectivity index (χ1n) is 9.54. The minimum absolute atomic E-state index is 0.0335. The van der Waals surface area contributed by atoms with Crippen molar-refractivity contribution in [2.24, 2.45) is 5.92 Å². The smallest absolute Gasteiger partial charge is 0.262 e. The van der Waals surface area contributed by atoms with Gasteiger partial charge in [-0.25, -0.2) is 0 Å². The number of hydrogen-bond acceptors (Lipinski definition) is 3. The van der Waals surface area contributed by atoms with Gasteiger partial charge < -0.3 is 15.0 Å². The second-order valence-electron chi connectivity index (χ2n) is 7.31. The van der Waals surface area contributed by atoms with Gasteiger partial charge in [0.15, 0.2) is 6.61 Å². The number of benzene rings is 2. The average Bonchev–Trinajstić information content (AvgIpc) is 3.51. The van der Waals surface area contributed by atoms with Crippen molar-refractivity contribution < 1.29 is 14.3 Å². The van der Waals surface area contributed by atoms with Crippen LogP contribution in [-0.2, 0) is 16.0 Å². The molecule has 0 aromatic heterocycles. The number of anilines is 2. The van der Waals surface area contributed by atoms with E-state index in [-0.39, 0.29) is 24.3 Å². The van der Waals surface area contributed by atoms with Gasteiger partial charge >= 0.3 is 0 Å². The molecule has 2 aromatic rings. The van der Waals surface area contributed by atoms with Crippen LogP contribution < -0.4 is 15.0 Å². The maximum Gasteiger partial charge on any atom is 0.262 e. The maximum absolute atomic E-state index is 12.5. The molecular weight excluding hydrogens is 340 g/mol. The highest BCUT2D eigenvalue weighted by Crippen LogP contribution is 2.36. The van der Waals surface area contributed by atoms with Gasteiger partial charge in [0.2, 0.25) is 5.91 Å². The summed E-state index contributed by atoms with van der Waals surface area (Å²) in [6, 6.07) is 13.4. The van der Waals surface area contributed by atoms with Crippen molar-refractivity contribution >= 4 is 23.2 Å². The van der Waals surface area contributed by atoms with E-state index in [0.717, 1.165) is 54.7 Å². The number of carbonyl (C=O) groups is 2. The number of carbonyl (C=O) groups excluding carboxylic acids is 2. The molecule has 0 saturated heterocycles. The predicted molar refractivity (Wildman–Crippen MR) is 105 cm³/mol. The first kappa shape index (κ1) is 17.6. The molecule has 2 amide bonds. The number of para-hydroxylation sites is 1. The summed E-state index contributed by atoms with van der Waals surface area (Å²) in [6.07, 6.45) is 3.91. The number of fused-ring (bicyclic) bond motifs is 1. The standard InChI is InChI=1S/C22H24N2O3/c1-15-5-2-3-7-20(15)27-14-21(25)23-18-10-11-19-17(13-18)6-4-12-24(19)22(26)16-8-9-16/h2-3,5,7,10-11,13,16H,4,6,8-9,12,14H2,1H3,(H,23,25). The van der Waals surface area contributed by atoms with Crippen molar-refractivity contribution in [3.05, 3.63) is 53.6 Å². The van der Waals surface area contributed by atoms with E-state index in [9.17, 15) is 9.59 Å². The Kier molecular flexibility index (Phi) is 4.84. The number of amides is 2. The summed E-state index contributed by atoms with van der Waals surface area (Å²) in [5.74, 6) is 0.987. The highest BCUT2D eigenvalue weighted by atomic mass is 16.5. The Labute approximate surface area is 159 Å². The van der Waals surface area contributed by atoms with Gasteiger partial charge in [-0.2, -0.15) is 0 Å². The van der Waals surface area contributed by atoms with Gasteiger partial charge in [-0.3, -0.25) is 9.59 Å². The lowest BCUT2D eigenvalue weighted by atomic mass is 10.0. The van der Waals surface area contributed by atoms with Crippen LogP contribution in [0.3, 0.4) is 0 Å². The Hall–Kier alpha value is -2.82. The van der Waals surface area contributed by atoms with Gasteiger partial charge in [-0.15, -0.1) is 0 Å². The fraction of sp³-hybridized carbons (Fsp3) is 0.364. The predicted octanol–water partition coefficient (Wildman–Crippen LogP) is 3.70. The van der Waals surface area contributed by atoms with E-state index in [0.29, 0.717) is 5.75 Å². The quantitative estimate of drug-likeness (QED) is 0.880. The topological polar surface area (TPSA) is 58.6 Å². The van der Waals surface area contributed by atoms with E-state index >= 15 is 0 Å². The van der Waals surface area contributed by atoms with Crippen LogP contribution in [0.4, 0.5) is 11.4 Å². The Morgan fingerprint density at radius 1 is 1.19 bits per heavy atom. The van der Waals surface area contributed by atoms with E-state index < -0.39 is 0 Å². The molecule has 1 N–H and O–H groups in total. The Morgan fingerprint density at radius 2 is 2.00 bits per heavy atom. The molecule has 1 heterocycles. The molecular formula is C22H24N2O3. The minimum Gasteiger partial charge on any atom is -0.483 e. The lowest BCUT2D eigenvalue weighted by Gasteiger charge is -2.30. The second-order valence-corrected chi connectivity index (χ2v) is 7.31. The van der Waals surface area contributed by atoms with Gasteiger partial charge in [0.1, 0.15) is 5.75 Å². The van der Waals surface area contributed by atoms with E-state index in [4.69, 9.17) is 4.74 Å². The molecule has 1 aliphatic heterocycles.